The zero-order valence-electron chi connectivity index (χ0n) is 27.6. The number of para-hydroxylation sites is 2. The fourth-order valence-electron chi connectivity index (χ4n) is 7.44. The van der Waals surface area contributed by atoms with E-state index >= 15 is 0 Å². The Labute approximate surface area is 295 Å². The third kappa shape index (κ3) is 4.96. The van der Waals surface area contributed by atoms with Gasteiger partial charge in [0.2, 0.25) is 0 Å². The maximum atomic E-state index is 5.19. The van der Waals surface area contributed by atoms with Gasteiger partial charge in [-0.05, 0) is 69.1 Å². The summed E-state index contributed by atoms with van der Waals surface area (Å²) in [5.41, 5.74) is 8.58. The van der Waals surface area contributed by atoms with Crippen molar-refractivity contribution in [1.82, 2.24) is 19.5 Å². The molecule has 2 heterocycles. The molecule has 0 N–H and O–H groups in total. The first kappa shape index (κ1) is 29.0. The highest BCUT2D eigenvalue weighted by Crippen LogP contribution is 2.36. The molecular formula is C47H30N4. The van der Waals surface area contributed by atoms with Gasteiger partial charge in [0.1, 0.15) is 0 Å². The van der Waals surface area contributed by atoms with E-state index in [0.29, 0.717) is 17.5 Å². The van der Waals surface area contributed by atoms with Gasteiger partial charge in [0.15, 0.2) is 17.5 Å². The van der Waals surface area contributed by atoms with Crippen LogP contribution in [0.25, 0.3) is 94.3 Å². The molecule has 10 aromatic rings. The molecule has 2 aromatic heterocycles. The maximum absolute atomic E-state index is 5.19. The minimum absolute atomic E-state index is 0.636. The molecule has 8 aromatic carbocycles. The topological polar surface area (TPSA) is 43.6 Å². The fraction of sp³-hybridized carbons (Fsp3) is 0. The molecule has 0 radical (unpaired) electrons. The fourth-order valence-corrected chi connectivity index (χ4v) is 7.44. The summed E-state index contributed by atoms with van der Waals surface area (Å²) < 4.78 is 2.36. The molecule has 4 nitrogen and oxygen atoms in total. The third-order valence-electron chi connectivity index (χ3n) is 9.81. The van der Waals surface area contributed by atoms with Crippen LogP contribution in [-0.4, -0.2) is 19.5 Å². The summed E-state index contributed by atoms with van der Waals surface area (Å²) in [6.45, 7) is 0. The number of hydrogen-bond donors (Lipinski definition) is 0. The Morgan fingerprint density at radius 3 is 1.57 bits per heavy atom. The first-order valence-corrected chi connectivity index (χ1v) is 17.2. The molecule has 51 heavy (non-hydrogen) atoms. The Balaban J connectivity index is 1.13. The van der Waals surface area contributed by atoms with E-state index in [1.54, 1.807) is 0 Å². The zero-order chi connectivity index (χ0) is 33.7. The second-order valence-electron chi connectivity index (χ2n) is 12.9. The van der Waals surface area contributed by atoms with Crippen molar-refractivity contribution in [2.75, 3.05) is 0 Å². The Morgan fingerprint density at radius 2 is 0.824 bits per heavy atom. The normalized spacial score (nSPS) is 11.5. The Morgan fingerprint density at radius 1 is 0.314 bits per heavy atom. The van der Waals surface area contributed by atoms with Crippen LogP contribution in [0.1, 0.15) is 0 Å². The SMILES string of the molecule is c1ccc(-c2nc(-c3cccc(-c4cccc(-n5c6ccccc6c6ccccc65)c4)c3)nc(-c3cc4ccccc4c4ccccc34)n2)cc1. The van der Waals surface area contributed by atoms with Crippen molar-refractivity contribution in [2.24, 2.45) is 0 Å². The van der Waals surface area contributed by atoms with Gasteiger partial charge in [-0.3, -0.25) is 0 Å². The molecular weight excluding hydrogens is 621 g/mol. The van der Waals surface area contributed by atoms with Gasteiger partial charge in [0.05, 0.1) is 11.0 Å². The van der Waals surface area contributed by atoms with Crippen molar-refractivity contribution in [3.63, 3.8) is 0 Å². The van der Waals surface area contributed by atoms with E-state index in [9.17, 15) is 0 Å². The standard InChI is InChI=1S/C47H30N4/c1-2-14-31(15-3-1)45-48-46(50-47(49-45)42-30-34-16-4-5-21-37(34)38-22-6-7-23-39(38)42)35-19-12-17-32(28-35)33-18-13-20-36(29-33)51-43-26-10-8-24-40(43)41-25-9-11-27-44(41)51/h1-30H. The van der Waals surface area contributed by atoms with Crippen molar-refractivity contribution in [3.05, 3.63) is 182 Å². The average molecular weight is 651 g/mol. The van der Waals surface area contributed by atoms with E-state index < -0.39 is 0 Å². The Bertz CT molecular complexity index is 2870. The molecule has 0 unspecified atom stereocenters. The van der Waals surface area contributed by atoms with Crippen molar-refractivity contribution < 1.29 is 0 Å². The summed E-state index contributed by atoms with van der Waals surface area (Å²) in [6.07, 6.45) is 0. The van der Waals surface area contributed by atoms with Gasteiger partial charge in [-0.1, -0.05) is 146 Å². The van der Waals surface area contributed by atoms with Crippen LogP contribution in [0.2, 0.25) is 0 Å². The predicted octanol–water partition coefficient (Wildman–Crippen LogP) is 11.9. The van der Waals surface area contributed by atoms with E-state index in [-0.39, 0.29) is 0 Å². The van der Waals surface area contributed by atoms with Gasteiger partial charge < -0.3 is 4.57 Å². The van der Waals surface area contributed by atoms with Gasteiger partial charge in [-0.25, -0.2) is 15.0 Å². The smallest absolute Gasteiger partial charge is 0.164 e. The molecule has 0 aliphatic carbocycles. The summed E-state index contributed by atoms with van der Waals surface area (Å²) >= 11 is 0. The van der Waals surface area contributed by atoms with Crippen molar-refractivity contribution in [1.29, 1.82) is 0 Å². The lowest BCUT2D eigenvalue weighted by Gasteiger charge is -2.13. The second kappa shape index (κ2) is 11.9. The van der Waals surface area contributed by atoms with Crippen LogP contribution < -0.4 is 0 Å². The lowest BCUT2D eigenvalue weighted by molar-refractivity contribution is 1.08. The van der Waals surface area contributed by atoms with Gasteiger partial charge in [-0.2, -0.15) is 0 Å². The van der Waals surface area contributed by atoms with Gasteiger partial charge in [-0.15, -0.1) is 0 Å². The van der Waals surface area contributed by atoms with Crippen molar-refractivity contribution >= 4 is 43.4 Å². The molecule has 0 saturated carbocycles. The highest BCUT2D eigenvalue weighted by atomic mass is 15.0. The molecule has 0 amide bonds. The molecule has 0 aliphatic heterocycles. The molecule has 0 atom stereocenters. The monoisotopic (exact) mass is 650 g/mol. The molecule has 0 saturated heterocycles. The van der Waals surface area contributed by atoms with Crippen molar-refractivity contribution in [2.45, 2.75) is 0 Å². The van der Waals surface area contributed by atoms with E-state index in [2.05, 4.69) is 168 Å². The predicted molar refractivity (Wildman–Crippen MR) is 211 cm³/mol. The first-order chi connectivity index (χ1) is 25.3. The summed E-state index contributed by atoms with van der Waals surface area (Å²) in [5.74, 6) is 1.93. The summed E-state index contributed by atoms with van der Waals surface area (Å²) in [4.78, 5) is 15.4. The zero-order valence-corrected chi connectivity index (χ0v) is 27.6. The van der Waals surface area contributed by atoms with Crippen LogP contribution in [0.5, 0.6) is 0 Å². The third-order valence-corrected chi connectivity index (χ3v) is 9.81. The minimum Gasteiger partial charge on any atom is -0.309 e. The Hall–Kier alpha value is -6.91. The van der Waals surface area contributed by atoms with E-state index in [4.69, 9.17) is 15.0 Å². The number of nitrogens with zero attached hydrogens (tertiary/aromatic N) is 4. The van der Waals surface area contributed by atoms with Crippen LogP contribution in [-0.2, 0) is 0 Å². The highest BCUT2D eigenvalue weighted by Gasteiger charge is 2.17. The van der Waals surface area contributed by atoms with Crippen LogP contribution in [0.3, 0.4) is 0 Å². The second-order valence-corrected chi connectivity index (χ2v) is 12.9. The molecule has 0 spiro atoms. The number of hydrogen-bond acceptors (Lipinski definition) is 3. The minimum atomic E-state index is 0.636. The molecule has 0 bridgehead atoms. The van der Waals surface area contributed by atoms with E-state index in [1.807, 2.05) is 18.2 Å². The van der Waals surface area contributed by atoms with Gasteiger partial charge in [0.25, 0.3) is 0 Å². The molecule has 238 valence electrons. The van der Waals surface area contributed by atoms with Crippen LogP contribution in [0, 0.1) is 0 Å². The molecule has 0 aliphatic rings. The van der Waals surface area contributed by atoms with Crippen LogP contribution >= 0.6 is 0 Å². The van der Waals surface area contributed by atoms with Crippen LogP contribution in [0.4, 0.5) is 0 Å². The van der Waals surface area contributed by atoms with Gasteiger partial charge in [0, 0.05) is 33.2 Å². The first-order valence-electron chi connectivity index (χ1n) is 17.2. The average Bonchev–Trinajstić information content (AvgIpc) is 3.55. The lowest BCUT2D eigenvalue weighted by atomic mass is 9.97. The molecule has 10 rings (SSSR count). The summed E-state index contributed by atoms with van der Waals surface area (Å²) in [6, 6.07) is 63.9. The highest BCUT2D eigenvalue weighted by molar-refractivity contribution is 6.13. The lowest BCUT2D eigenvalue weighted by Crippen LogP contribution is -2.01. The number of fused-ring (bicyclic) bond motifs is 6. The summed E-state index contributed by atoms with van der Waals surface area (Å²) in [5, 5.41) is 7.16. The van der Waals surface area contributed by atoms with Gasteiger partial charge >= 0.3 is 0 Å². The quantitative estimate of drug-likeness (QED) is 0.174. The molecule has 4 heteroatoms. The largest absolute Gasteiger partial charge is 0.309 e. The Kier molecular flexibility index (Phi) is 6.78. The maximum Gasteiger partial charge on any atom is 0.164 e. The van der Waals surface area contributed by atoms with E-state index in [0.717, 1.165) is 44.3 Å². The van der Waals surface area contributed by atoms with E-state index in [1.165, 1.54) is 32.6 Å². The van der Waals surface area contributed by atoms with Crippen LogP contribution in [0.15, 0.2) is 182 Å². The summed E-state index contributed by atoms with van der Waals surface area (Å²) in [7, 11) is 0. The molecule has 0 fully saturated rings. The van der Waals surface area contributed by atoms with Crippen molar-refractivity contribution in [3.8, 4) is 51.0 Å². The number of benzene rings is 8. The number of rotatable bonds is 5. The number of aromatic nitrogens is 4.